The monoisotopic (exact) mass is 251 g/mol. The van der Waals surface area contributed by atoms with Crippen molar-refractivity contribution in [1.29, 1.82) is 0 Å². The molecule has 0 atom stereocenters. The molecule has 3 N–H and O–H groups in total. The second-order valence-corrected chi connectivity index (χ2v) is 2.82. The lowest BCUT2D eigenvalue weighted by molar-refractivity contribution is -0.114. The smallest absolute Gasteiger partial charge is 0.238 e. The van der Waals surface area contributed by atoms with Crippen LogP contribution in [0.4, 0.5) is 5.69 Å². The van der Waals surface area contributed by atoms with Gasteiger partial charge in [0.15, 0.2) is 0 Å². The molecule has 1 heterocycles. The van der Waals surface area contributed by atoms with E-state index in [-0.39, 0.29) is 37.3 Å². The van der Waals surface area contributed by atoms with Crippen molar-refractivity contribution < 1.29 is 4.79 Å². The Balaban J connectivity index is 0. The lowest BCUT2D eigenvalue weighted by Gasteiger charge is -2.08. The topological polar surface area (TPSA) is 68.0 Å². The minimum Gasteiger partial charge on any atom is -0.325 e. The molecule has 0 aliphatic heterocycles. The molecule has 0 aliphatic rings. The van der Waals surface area contributed by atoms with Crippen molar-refractivity contribution >= 4 is 36.4 Å². The minimum absolute atomic E-state index is 0. The zero-order chi connectivity index (χ0) is 9.84. The van der Waals surface area contributed by atoms with Crippen molar-refractivity contribution in [2.75, 3.05) is 11.9 Å². The Hall–Kier alpha value is -0.840. The predicted molar refractivity (Wildman–Crippen MR) is 65.9 cm³/mol. The van der Waals surface area contributed by atoms with Crippen molar-refractivity contribution in [3.63, 3.8) is 0 Å². The number of nitrogens with zero attached hydrogens (tertiary/aromatic N) is 1. The molecule has 1 aromatic rings. The van der Waals surface area contributed by atoms with Crippen LogP contribution >= 0.6 is 24.8 Å². The van der Waals surface area contributed by atoms with Gasteiger partial charge < -0.3 is 11.1 Å². The third kappa shape index (κ3) is 4.46. The van der Waals surface area contributed by atoms with Crippen LogP contribution in [0.1, 0.15) is 11.3 Å². The highest BCUT2D eigenvalue weighted by Crippen LogP contribution is 2.15. The van der Waals surface area contributed by atoms with Gasteiger partial charge in [0.05, 0.1) is 6.54 Å². The Morgan fingerprint density at radius 1 is 1.47 bits per heavy atom. The number of nitrogens with one attached hydrogen (secondary N) is 1. The number of amides is 1. The van der Waals surface area contributed by atoms with E-state index >= 15 is 0 Å². The molecule has 15 heavy (non-hydrogen) atoms. The molecule has 0 aliphatic carbocycles. The third-order valence-corrected chi connectivity index (χ3v) is 1.92. The van der Waals surface area contributed by atoms with Gasteiger partial charge in [-0.15, -0.1) is 24.8 Å². The zero-order valence-corrected chi connectivity index (χ0v) is 10.2. The van der Waals surface area contributed by atoms with Crippen molar-refractivity contribution in [3.05, 3.63) is 23.5 Å². The minimum atomic E-state index is -0.186. The van der Waals surface area contributed by atoms with Crippen LogP contribution in [0.25, 0.3) is 0 Å². The molecule has 0 radical (unpaired) electrons. The summed E-state index contributed by atoms with van der Waals surface area (Å²) in [4.78, 5) is 15.1. The standard InChI is InChI=1S/C9H13N3O.2ClH/c1-6-7(2)11-4-3-8(6)12-9(13)5-10;;/h3-4H,5,10H2,1-2H3,(H,11,12,13);2*1H. The first-order valence-electron chi connectivity index (χ1n) is 4.07. The number of hydrogen-bond donors (Lipinski definition) is 2. The van der Waals surface area contributed by atoms with E-state index < -0.39 is 0 Å². The van der Waals surface area contributed by atoms with Crippen LogP contribution in [0.5, 0.6) is 0 Å². The van der Waals surface area contributed by atoms with Gasteiger partial charge >= 0.3 is 0 Å². The maximum absolute atomic E-state index is 11.0. The van der Waals surface area contributed by atoms with Gasteiger partial charge in [0.2, 0.25) is 5.91 Å². The van der Waals surface area contributed by atoms with Gasteiger partial charge in [0.1, 0.15) is 0 Å². The molecule has 1 rings (SSSR count). The maximum Gasteiger partial charge on any atom is 0.238 e. The number of aryl methyl sites for hydroxylation is 1. The number of pyridine rings is 1. The number of rotatable bonds is 2. The van der Waals surface area contributed by atoms with Gasteiger partial charge in [0.25, 0.3) is 0 Å². The summed E-state index contributed by atoms with van der Waals surface area (Å²) in [6.45, 7) is 3.81. The molecular formula is C9H15Cl2N3O. The van der Waals surface area contributed by atoms with E-state index in [9.17, 15) is 4.79 Å². The van der Waals surface area contributed by atoms with Crippen molar-refractivity contribution in [3.8, 4) is 0 Å². The lowest BCUT2D eigenvalue weighted by atomic mass is 10.2. The molecular weight excluding hydrogens is 237 g/mol. The molecule has 0 spiro atoms. The molecule has 1 aromatic heterocycles. The summed E-state index contributed by atoms with van der Waals surface area (Å²) in [7, 11) is 0. The molecule has 0 fully saturated rings. The predicted octanol–water partition coefficient (Wildman–Crippen LogP) is 1.44. The summed E-state index contributed by atoms with van der Waals surface area (Å²) in [6, 6.07) is 1.76. The SMILES string of the molecule is Cc1nccc(NC(=O)CN)c1C.Cl.Cl. The van der Waals surface area contributed by atoms with Gasteiger partial charge in [-0.2, -0.15) is 0 Å². The first-order chi connectivity index (χ1) is 6.15. The normalized spacial score (nSPS) is 8.47. The number of nitrogens with two attached hydrogens (primary N) is 1. The van der Waals surface area contributed by atoms with Crippen LogP contribution in [-0.4, -0.2) is 17.4 Å². The Morgan fingerprint density at radius 2 is 2.07 bits per heavy atom. The van der Waals surface area contributed by atoms with E-state index in [0.717, 1.165) is 16.9 Å². The first-order valence-corrected chi connectivity index (χ1v) is 4.07. The van der Waals surface area contributed by atoms with Gasteiger partial charge in [-0.1, -0.05) is 0 Å². The van der Waals surface area contributed by atoms with Crippen molar-refractivity contribution in [2.24, 2.45) is 5.73 Å². The molecule has 0 bridgehead atoms. The summed E-state index contributed by atoms with van der Waals surface area (Å²) in [5.41, 5.74) is 7.85. The Kier molecular flexibility index (Phi) is 8.24. The highest BCUT2D eigenvalue weighted by atomic mass is 35.5. The number of anilines is 1. The van der Waals surface area contributed by atoms with Gasteiger partial charge in [-0.25, -0.2) is 0 Å². The Labute approximate surface area is 101 Å². The molecule has 0 saturated carbocycles. The Bertz CT molecular complexity index is 331. The number of aromatic nitrogens is 1. The summed E-state index contributed by atoms with van der Waals surface area (Å²) < 4.78 is 0. The largest absolute Gasteiger partial charge is 0.325 e. The third-order valence-electron chi connectivity index (χ3n) is 1.92. The molecule has 1 amide bonds. The van der Waals surface area contributed by atoms with Gasteiger partial charge in [-0.05, 0) is 25.5 Å². The first kappa shape index (κ1) is 16.6. The van der Waals surface area contributed by atoms with Crippen LogP contribution in [0.15, 0.2) is 12.3 Å². The summed E-state index contributed by atoms with van der Waals surface area (Å²) in [5, 5.41) is 2.70. The Morgan fingerprint density at radius 3 is 2.60 bits per heavy atom. The molecule has 4 nitrogen and oxygen atoms in total. The second kappa shape index (κ2) is 7.45. The van der Waals surface area contributed by atoms with E-state index in [1.54, 1.807) is 12.3 Å². The van der Waals surface area contributed by atoms with E-state index in [1.165, 1.54) is 0 Å². The molecule has 0 unspecified atom stereocenters. The van der Waals surface area contributed by atoms with Gasteiger partial charge in [-0.3, -0.25) is 9.78 Å². The van der Waals surface area contributed by atoms with Crippen LogP contribution in [0.2, 0.25) is 0 Å². The average Bonchev–Trinajstić information content (AvgIpc) is 2.13. The van der Waals surface area contributed by atoms with Crippen LogP contribution in [0.3, 0.4) is 0 Å². The summed E-state index contributed by atoms with van der Waals surface area (Å²) in [6.07, 6.45) is 1.66. The van der Waals surface area contributed by atoms with Crippen LogP contribution < -0.4 is 11.1 Å². The summed E-state index contributed by atoms with van der Waals surface area (Å²) >= 11 is 0. The van der Waals surface area contributed by atoms with E-state index in [2.05, 4.69) is 10.3 Å². The van der Waals surface area contributed by atoms with Gasteiger partial charge in [0, 0.05) is 17.6 Å². The number of hydrogen-bond acceptors (Lipinski definition) is 3. The van der Waals surface area contributed by atoms with Crippen molar-refractivity contribution in [1.82, 2.24) is 4.98 Å². The average molecular weight is 252 g/mol. The van der Waals surface area contributed by atoms with E-state index in [4.69, 9.17) is 5.73 Å². The zero-order valence-electron chi connectivity index (χ0n) is 8.61. The number of carbonyl (C=O) groups is 1. The second-order valence-electron chi connectivity index (χ2n) is 2.82. The van der Waals surface area contributed by atoms with Crippen molar-refractivity contribution in [2.45, 2.75) is 13.8 Å². The number of carbonyl (C=O) groups excluding carboxylic acids is 1. The maximum atomic E-state index is 11.0. The molecule has 0 saturated heterocycles. The molecule has 0 aromatic carbocycles. The molecule has 6 heteroatoms. The fourth-order valence-corrected chi connectivity index (χ4v) is 0.977. The fourth-order valence-electron chi connectivity index (χ4n) is 0.977. The molecule has 86 valence electrons. The lowest BCUT2D eigenvalue weighted by Crippen LogP contribution is -2.22. The highest BCUT2D eigenvalue weighted by Gasteiger charge is 2.03. The highest BCUT2D eigenvalue weighted by molar-refractivity contribution is 5.92. The van der Waals surface area contributed by atoms with E-state index in [1.807, 2.05) is 13.8 Å². The van der Waals surface area contributed by atoms with E-state index in [0.29, 0.717) is 0 Å². The van der Waals surface area contributed by atoms with Crippen LogP contribution in [-0.2, 0) is 4.79 Å². The summed E-state index contributed by atoms with van der Waals surface area (Å²) in [5.74, 6) is -0.186. The fraction of sp³-hybridized carbons (Fsp3) is 0.333. The quantitative estimate of drug-likeness (QED) is 0.836. The van der Waals surface area contributed by atoms with Crippen LogP contribution in [0, 0.1) is 13.8 Å². The number of halogens is 2.